The van der Waals surface area contributed by atoms with Crippen LogP contribution < -0.4 is 0 Å². The van der Waals surface area contributed by atoms with Crippen LogP contribution in [0.5, 0.6) is 0 Å². The predicted octanol–water partition coefficient (Wildman–Crippen LogP) is 2.80. The van der Waals surface area contributed by atoms with Crippen molar-refractivity contribution in [1.29, 1.82) is 0 Å². The van der Waals surface area contributed by atoms with E-state index in [0.29, 0.717) is 11.9 Å². The fraction of sp³-hybridized carbons (Fsp3) is 0.368. The van der Waals surface area contributed by atoms with Crippen LogP contribution in [-0.2, 0) is 6.54 Å². The second-order valence-corrected chi connectivity index (χ2v) is 6.68. The van der Waals surface area contributed by atoms with E-state index in [1.54, 1.807) is 6.20 Å². The smallest absolute Gasteiger partial charge is 0.178 e. The number of hydrogen-bond donors (Lipinski definition) is 0. The maximum atomic E-state index is 4.64. The molecule has 6 nitrogen and oxygen atoms in total. The summed E-state index contributed by atoms with van der Waals surface area (Å²) in [6.07, 6.45) is 6.71. The standard InChI is InChI=1S/C19H22N6/c1-14-9-15(2)25(23-14)17-6-8-24(13-17)12-16-10-21-19(22-11-16)18-5-3-4-7-20-18/h3-5,7,9-11,17H,6,8,12-13H2,1-2H3/t17-/m0/s1. The lowest BCUT2D eigenvalue weighted by Crippen LogP contribution is -2.22. The lowest BCUT2D eigenvalue weighted by molar-refractivity contribution is 0.310. The summed E-state index contributed by atoms with van der Waals surface area (Å²) in [5.41, 5.74) is 4.27. The molecule has 1 fully saturated rings. The zero-order valence-electron chi connectivity index (χ0n) is 14.6. The summed E-state index contributed by atoms with van der Waals surface area (Å²) in [6, 6.07) is 8.37. The van der Waals surface area contributed by atoms with E-state index in [4.69, 9.17) is 0 Å². The molecule has 4 heterocycles. The fourth-order valence-electron chi connectivity index (χ4n) is 3.49. The molecule has 0 saturated carbocycles. The molecule has 6 heteroatoms. The van der Waals surface area contributed by atoms with Gasteiger partial charge in [-0.2, -0.15) is 5.10 Å². The largest absolute Gasteiger partial charge is 0.297 e. The van der Waals surface area contributed by atoms with Gasteiger partial charge in [0.25, 0.3) is 0 Å². The number of aryl methyl sites for hydroxylation is 2. The molecule has 0 radical (unpaired) electrons. The minimum absolute atomic E-state index is 0.461. The molecule has 0 amide bonds. The van der Waals surface area contributed by atoms with Crippen LogP contribution in [-0.4, -0.2) is 42.7 Å². The molecule has 3 aromatic rings. The van der Waals surface area contributed by atoms with Gasteiger partial charge in [-0.25, -0.2) is 9.97 Å². The minimum Gasteiger partial charge on any atom is -0.297 e. The summed E-state index contributed by atoms with van der Waals surface area (Å²) >= 11 is 0. The molecule has 0 N–H and O–H groups in total. The molecular weight excluding hydrogens is 312 g/mol. The number of nitrogens with zero attached hydrogens (tertiary/aromatic N) is 6. The van der Waals surface area contributed by atoms with Crippen LogP contribution in [0.3, 0.4) is 0 Å². The maximum absolute atomic E-state index is 4.64. The number of rotatable bonds is 4. The first-order valence-corrected chi connectivity index (χ1v) is 8.66. The van der Waals surface area contributed by atoms with Crippen molar-refractivity contribution in [3.63, 3.8) is 0 Å². The van der Waals surface area contributed by atoms with E-state index in [0.717, 1.165) is 43.0 Å². The van der Waals surface area contributed by atoms with Gasteiger partial charge in [-0.3, -0.25) is 14.6 Å². The van der Waals surface area contributed by atoms with Crippen LogP contribution in [0.15, 0.2) is 42.9 Å². The number of pyridine rings is 1. The summed E-state index contributed by atoms with van der Waals surface area (Å²) in [5.74, 6) is 0.672. The average molecular weight is 334 g/mol. The monoisotopic (exact) mass is 334 g/mol. The van der Waals surface area contributed by atoms with E-state index in [2.05, 4.69) is 49.5 Å². The molecule has 0 spiro atoms. The highest BCUT2D eigenvalue weighted by Crippen LogP contribution is 2.24. The first kappa shape index (κ1) is 15.9. The molecule has 1 atom stereocenters. The zero-order valence-corrected chi connectivity index (χ0v) is 14.6. The zero-order chi connectivity index (χ0) is 17.2. The molecule has 1 aliphatic rings. The van der Waals surface area contributed by atoms with Gasteiger partial charge in [0.1, 0.15) is 5.69 Å². The summed E-state index contributed by atoms with van der Waals surface area (Å²) in [5, 5.41) is 4.64. The van der Waals surface area contributed by atoms with Crippen LogP contribution >= 0.6 is 0 Å². The highest BCUT2D eigenvalue weighted by molar-refractivity contribution is 5.47. The molecular formula is C19H22N6. The van der Waals surface area contributed by atoms with Gasteiger partial charge in [0.05, 0.1) is 11.7 Å². The van der Waals surface area contributed by atoms with Crippen LogP contribution in [0.2, 0.25) is 0 Å². The Bertz CT molecular complexity index is 840. The molecule has 128 valence electrons. The molecule has 4 rings (SSSR count). The molecule has 0 aromatic carbocycles. The Morgan fingerprint density at radius 3 is 2.64 bits per heavy atom. The van der Waals surface area contributed by atoms with Crippen LogP contribution in [0, 0.1) is 13.8 Å². The molecule has 0 unspecified atom stereocenters. The van der Waals surface area contributed by atoms with Gasteiger partial charge in [-0.15, -0.1) is 0 Å². The Morgan fingerprint density at radius 2 is 1.96 bits per heavy atom. The van der Waals surface area contributed by atoms with Crippen molar-refractivity contribution in [2.24, 2.45) is 0 Å². The Labute approximate surface area is 147 Å². The van der Waals surface area contributed by atoms with Gasteiger partial charge < -0.3 is 0 Å². The molecule has 25 heavy (non-hydrogen) atoms. The van der Waals surface area contributed by atoms with Crippen molar-refractivity contribution in [2.45, 2.75) is 32.9 Å². The lowest BCUT2D eigenvalue weighted by Gasteiger charge is -2.17. The van der Waals surface area contributed by atoms with Gasteiger partial charge >= 0.3 is 0 Å². The third kappa shape index (κ3) is 3.44. The number of likely N-dealkylation sites (tertiary alicyclic amines) is 1. The quantitative estimate of drug-likeness (QED) is 0.734. The van der Waals surface area contributed by atoms with Crippen molar-refractivity contribution in [2.75, 3.05) is 13.1 Å². The Kier molecular flexibility index (Phi) is 4.28. The van der Waals surface area contributed by atoms with E-state index < -0.39 is 0 Å². The third-order valence-electron chi connectivity index (χ3n) is 4.64. The molecule has 0 aliphatic carbocycles. The molecule has 1 saturated heterocycles. The summed E-state index contributed by atoms with van der Waals surface area (Å²) in [7, 11) is 0. The van der Waals surface area contributed by atoms with Crippen molar-refractivity contribution < 1.29 is 0 Å². The molecule has 3 aromatic heterocycles. The van der Waals surface area contributed by atoms with E-state index in [1.807, 2.05) is 30.6 Å². The number of hydrogen-bond acceptors (Lipinski definition) is 5. The average Bonchev–Trinajstić information content (AvgIpc) is 3.22. The van der Waals surface area contributed by atoms with Gasteiger partial charge in [-0.05, 0) is 38.5 Å². The minimum atomic E-state index is 0.461. The van der Waals surface area contributed by atoms with Gasteiger partial charge in [-0.1, -0.05) is 6.07 Å². The Morgan fingerprint density at radius 1 is 1.12 bits per heavy atom. The Balaban J connectivity index is 1.41. The third-order valence-corrected chi connectivity index (χ3v) is 4.64. The first-order valence-electron chi connectivity index (χ1n) is 8.66. The first-order chi connectivity index (χ1) is 12.2. The van der Waals surface area contributed by atoms with Crippen molar-refractivity contribution in [3.05, 3.63) is 59.8 Å². The summed E-state index contributed by atoms with van der Waals surface area (Å²) < 4.78 is 2.18. The lowest BCUT2D eigenvalue weighted by atomic mass is 10.2. The second kappa shape index (κ2) is 6.72. The normalized spacial score (nSPS) is 17.9. The van der Waals surface area contributed by atoms with E-state index in [9.17, 15) is 0 Å². The van der Waals surface area contributed by atoms with Crippen LogP contribution in [0.4, 0.5) is 0 Å². The number of aromatic nitrogens is 5. The van der Waals surface area contributed by atoms with E-state index in [1.165, 1.54) is 5.69 Å². The Hall–Kier alpha value is -2.60. The van der Waals surface area contributed by atoms with Crippen molar-refractivity contribution >= 4 is 0 Å². The predicted molar refractivity (Wildman–Crippen MR) is 95.9 cm³/mol. The SMILES string of the molecule is Cc1cc(C)n([C@H]2CCN(Cc3cnc(-c4ccccn4)nc3)C2)n1. The molecule has 0 bridgehead atoms. The van der Waals surface area contributed by atoms with E-state index >= 15 is 0 Å². The second-order valence-electron chi connectivity index (χ2n) is 6.68. The van der Waals surface area contributed by atoms with Gasteiger partial charge in [0, 0.05) is 49.5 Å². The van der Waals surface area contributed by atoms with Crippen molar-refractivity contribution in [1.82, 2.24) is 29.6 Å². The van der Waals surface area contributed by atoms with Crippen molar-refractivity contribution in [3.8, 4) is 11.5 Å². The summed E-state index contributed by atoms with van der Waals surface area (Å²) in [6.45, 7) is 7.15. The topological polar surface area (TPSA) is 59.7 Å². The maximum Gasteiger partial charge on any atom is 0.178 e. The van der Waals surface area contributed by atoms with E-state index in [-0.39, 0.29) is 0 Å². The highest BCUT2D eigenvalue weighted by atomic mass is 15.3. The molecule has 1 aliphatic heterocycles. The van der Waals surface area contributed by atoms with Crippen LogP contribution in [0.1, 0.15) is 29.4 Å². The highest BCUT2D eigenvalue weighted by Gasteiger charge is 2.25. The van der Waals surface area contributed by atoms with Gasteiger partial charge in [0.2, 0.25) is 0 Å². The van der Waals surface area contributed by atoms with Crippen LogP contribution in [0.25, 0.3) is 11.5 Å². The summed E-state index contributed by atoms with van der Waals surface area (Å²) in [4.78, 5) is 15.7. The van der Waals surface area contributed by atoms with Gasteiger partial charge in [0.15, 0.2) is 5.82 Å². The fourth-order valence-corrected chi connectivity index (χ4v) is 3.49.